The van der Waals surface area contributed by atoms with E-state index in [-0.39, 0.29) is 18.5 Å². The lowest BCUT2D eigenvalue weighted by atomic mass is 10.0. The molecule has 1 amide bonds. The highest BCUT2D eigenvalue weighted by atomic mass is 16.5. The molecule has 2 atom stereocenters. The van der Waals surface area contributed by atoms with Crippen LogP contribution in [-0.4, -0.2) is 47.4 Å². The van der Waals surface area contributed by atoms with Gasteiger partial charge in [-0.1, -0.05) is 312 Å². The van der Waals surface area contributed by atoms with Crippen LogP contribution in [0.1, 0.15) is 354 Å². The summed E-state index contributed by atoms with van der Waals surface area (Å²) in [4.78, 5) is 24.5. The minimum Gasteiger partial charge on any atom is -0.466 e. The zero-order chi connectivity index (χ0) is 55.7. The second-order valence-electron chi connectivity index (χ2n) is 23.1. The summed E-state index contributed by atoms with van der Waals surface area (Å²) in [7, 11) is 0. The lowest BCUT2D eigenvalue weighted by molar-refractivity contribution is -0.143. The fraction of sp³-hybridized carbons (Fsp3) is 0.831. The second kappa shape index (κ2) is 66.1. The number of hydrogen-bond donors (Lipinski definition) is 3. The average molecular weight is 1080 g/mol. The number of nitrogens with one attached hydrogen (secondary N) is 1. The van der Waals surface area contributed by atoms with Gasteiger partial charge in [-0.05, 0) is 89.9 Å². The van der Waals surface area contributed by atoms with E-state index in [0.29, 0.717) is 19.4 Å². The van der Waals surface area contributed by atoms with E-state index < -0.39 is 12.1 Å². The summed E-state index contributed by atoms with van der Waals surface area (Å²) in [6.07, 6.45) is 87.3. The van der Waals surface area contributed by atoms with E-state index >= 15 is 0 Å². The predicted molar refractivity (Wildman–Crippen MR) is 338 cm³/mol. The molecule has 6 heteroatoms. The van der Waals surface area contributed by atoms with Gasteiger partial charge in [-0.25, -0.2) is 0 Å². The number of esters is 1. The molecule has 77 heavy (non-hydrogen) atoms. The van der Waals surface area contributed by atoms with Crippen LogP contribution < -0.4 is 5.32 Å². The maximum Gasteiger partial charge on any atom is 0.305 e. The van der Waals surface area contributed by atoms with Crippen LogP contribution in [0, 0.1) is 0 Å². The Balaban J connectivity index is 3.40. The molecule has 6 nitrogen and oxygen atoms in total. The van der Waals surface area contributed by atoms with Gasteiger partial charge in [0, 0.05) is 12.8 Å². The number of unbranched alkanes of at least 4 members (excludes halogenated alkanes) is 44. The Morgan fingerprint density at radius 1 is 0.364 bits per heavy atom. The topological polar surface area (TPSA) is 95.9 Å². The van der Waals surface area contributed by atoms with Gasteiger partial charge in [0.1, 0.15) is 0 Å². The number of aliphatic hydroxyl groups excluding tert-OH is 2. The van der Waals surface area contributed by atoms with Gasteiger partial charge in [0.25, 0.3) is 0 Å². The van der Waals surface area contributed by atoms with Crippen LogP contribution in [0.2, 0.25) is 0 Å². The molecule has 0 radical (unpaired) electrons. The van der Waals surface area contributed by atoms with Crippen molar-refractivity contribution in [2.45, 2.75) is 366 Å². The van der Waals surface area contributed by atoms with Gasteiger partial charge in [0.2, 0.25) is 5.91 Å². The summed E-state index contributed by atoms with van der Waals surface area (Å²) in [5.74, 6) is -0.0672. The van der Waals surface area contributed by atoms with Crippen LogP contribution in [0.5, 0.6) is 0 Å². The van der Waals surface area contributed by atoms with Crippen LogP contribution in [0.3, 0.4) is 0 Å². The van der Waals surface area contributed by atoms with Gasteiger partial charge in [0.15, 0.2) is 0 Å². The molecule has 0 aliphatic carbocycles. The van der Waals surface area contributed by atoms with Crippen molar-refractivity contribution in [1.82, 2.24) is 5.32 Å². The lowest BCUT2D eigenvalue weighted by Gasteiger charge is -2.20. The molecule has 0 spiro atoms. The van der Waals surface area contributed by atoms with E-state index in [1.54, 1.807) is 6.08 Å². The molecule has 0 aliphatic rings. The summed E-state index contributed by atoms with van der Waals surface area (Å²) < 4.78 is 5.47. The summed E-state index contributed by atoms with van der Waals surface area (Å²) in [5.41, 5.74) is 0. The molecule has 0 aromatic heterocycles. The molecule has 0 aromatic rings. The molecular weight excluding hydrogens is 947 g/mol. The van der Waals surface area contributed by atoms with Crippen LogP contribution in [0.15, 0.2) is 60.8 Å². The highest BCUT2D eigenvalue weighted by molar-refractivity contribution is 5.76. The van der Waals surface area contributed by atoms with Gasteiger partial charge < -0.3 is 20.3 Å². The molecule has 0 saturated heterocycles. The summed E-state index contributed by atoms with van der Waals surface area (Å²) in [6, 6.07) is -0.627. The maximum atomic E-state index is 12.5. The van der Waals surface area contributed by atoms with Gasteiger partial charge in [-0.3, -0.25) is 9.59 Å². The van der Waals surface area contributed by atoms with Crippen molar-refractivity contribution in [2.24, 2.45) is 0 Å². The molecule has 0 rings (SSSR count). The summed E-state index contributed by atoms with van der Waals surface area (Å²) in [5, 5.41) is 23.1. The van der Waals surface area contributed by atoms with Crippen molar-refractivity contribution in [1.29, 1.82) is 0 Å². The van der Waals surface area contributed by atoms with Crippen LogP contribution in [0.4, 0.5) is 0 Å². The lowest BCUT2D eigenvalue weighted by Crippen LogP contribution is -2.45. The standard InChI is InChI=1S/C71H131NO5/c1-3-5-7-9-11-13-15-17-40-43-47-51-55-59-63-69(74)68(67-73)72-70(75)64-60-56-52-48-44-41-37-35-33-31-29-27-25-23-21-19-18-20-22-24-26-28-30-32-34-36-38-42-46-50-54-58-62-66-77-71(76)65-61-57-53-49-45-39-16-14-12-10-8-6-4-2/h8,10,14,16,22,24,28,30,59,63,68-69,73-74H,3-7,9,11-13,15,17-21,23,25-27,29,31-58,60-62,64-67H2,1-2H3,(H,72,75)/b10-8-,16-14-,24-22-,30-28-,63-59+. The molecule has 0 aliphatic heterocycles. The van der Waals surface area contributed by atoms with E-state index in [1.807, 2.05) is 6.08 Å². The quantitative estimate of drug-likeness (QED) is 0.0320. The minimum absolute atomic E-state index is 0.00189. The average Bonchev–Trinajstić information content (AvgIpc) is 3.43. The van der Waals surface area contributed by atoms with Crippen molar-refractivity contribution in [3.8, 4) is 0 Å². The van der Waals surface area contributed by atoms with Crippen molar-refractivity contribution >= 4 is 11.9 Å². The van der Waals surface area contributed by atoms with Crippen LogP contribution in [0.25, 0.3) is 0 Å². The van der Waals surface area contributed by atoms with Crippen molar-refractivity contribution in [3.63, 3.8) is 0 Å². The fourth-order valence-corrected chi connectivity index (χ4v) is 10.3. The highest BCUT2D eigenvalue weighted by Gasteiger charge is 2.18. The Bertz CT molecular complexity index is 1340. The Hall–Kier alpha value is -2.44. The smallest absolute Gasteiger partial charge is 0.305 e. The minimum atomic E-state index is -0.843. The molecule has 0 aromatic carbocycles. The van der Waals surface area contributed by atoms with Gasteiger partial charge in [-0.15, -0.1) is 0 Å². The molecule has 450 valence electrons. The van der Waals surface area contributed by atoms with Crippen molar-refractivity contribution < 1.29 is 24.5 Å². The molecule has 2 unspecified atom stereocenters. The summed E-state index contributed by atoms with van der Waals surface area (Å²) >= 11 is 0. The SMILES string of the molecule is CCC/C=C\C/C=C\CCCCCCCC(=O)OCCCCCCCCCCC/C=C\C/C=C\CCCCCCCCCCCCCCCCCCCC(=O)NC(CO)C(O)/C=C/CCCCCCCCCCCCCC. The van der Waals surface area contributed by atoms with E-state index in [4.69, 9.17) is 4.74 Å². The normalized spacial score (nSPS) is 12.9. The van der Waals surface area contributed by atoms with Gasteiger partial charge in [-0.2, -0.15) is 0 Å². The number of aliphatic hydroxyl groups is 2. The van der Waals surface area contributed by atoms with Crippen LogP contribution in [-0.2, 0) is 14.3 Å². The molecule has 0 bridgehead atoms. The van der Waals surface area contributed by atoms with Gasteiger partial charge in [0.05, 0.1) is 25.4 Å². The third-order valence-electron chi connectivity index (χ3n) is 15.5. The maximum absolute atomic E-state index is 12.5. The van der Waals surface area contributed by atoms with E-state index in [1.165, 1.54) is 270 Å². The molecular formula is C71H131NO5. The number of hydrogen-bond acceptors (Lipinski definition) is 5. The highest BCUT2D eigenvalue weighted by Crippen LogP contribution is 2.17. The molecule has 3 N–H and O–H groups in total. The first-order valence-electron chi connectivity index (χ1n) is 34.1. The molecule has 0 heterocycles. The van der Waals surface area contributed by atoms with E-state index in [2.05, 4.69) is 67.8 Å². The zero-order valence-electron chi connectivity index (χ0n) is 51.4. The van der Waals surface area contributed by atoms with E-state index in [0.717, 1.165) is 57.8 Å². The monoisotopic (exact) mass is 1080 g/mol. The predicted octanol–water partition coefficient (Wildman–Crippen LogP) is 21.9. The van der Waals surface area contributed by atoms with Gasteiger partial charge >= 0.3 is 5.97 Å². The second-order valence-corrected chi connectivity index (χ2v) is 23.1. The van der Waals surface area contributed by atoms with E-state index in [9.17, 15) is 19.8 Å². The number of carbonyl (C=O) groups is 2. The number of allylic oxidation sites excluding steroid dienone is 9. The first-order chi connectivity index (χ1) is 38.0. The van der Waals surface area contributed by atoms with Crippen molar-refractivity contribution in [2.75, 3.05) is 13.2 Å². The van der Waals surface area contributed by atoms with Crippen molar-refractivity contribution in [3.05, 3.63) is 60.8 Å². The number of carbonyl (C=O) groups excluding carboxylic acids is 2. The largest absolute Gasteiger partial charge is 0.466 e. The fourth-order valence-electron chi connectivity index (χ4n) is 10.3. The third-order valence-corrected chi connectivity index (χ3v) is 15.5. The zero-order valence-corrected chi connectivity index (χ0v) is 51.4. The summed E-state index contributed by atoms with van der Waals surface area (Å²) in [6.45, 7) is 4.84. The number of amides is 1. The third kappa shape index (κ3) is 62.6. The Morgan fingerprint density at radius 3 is 1.04 bits per heavy atom. The number of ether oxygens (including phenoxy) is 1. The first-order valence-corrected chi connectivity index (χ1v) is 34.1. The van der Waals surface area contributed by atoms with Crippen LogP contribution >= 0.6 is 0 Å². The Kier molecular flexibility index (Phi) is 64.0. The molecule has 0 fully saturated rings. The number of rotatable bonds is 63. The Labute approximate surface area is 479 Å². The molecule has 0 saturated carbocycles. The Morgan fingerprint density at radius 2 is 0.675 bits per heavy atom. The first kappa shape index (κ1) is 74.6.